The first-order valence-corrected chi connectivity index (χ1v) is 22.6. The van der Waals surface area contributed by atoms with Gasteiger partial charge in [-0.05, 0) is 143 Å². The summed E-state index contributed by atoms with van der Waals surface area (Å²) in [5, 5.41) is 5.02. The molecule has 1 atom stereocenters. The van der Waals surface area contributed by atoms with Gasteiger partial charge in [-0.25, -0.2) is 0 Å². The molecule has 1 aliphatic rings. The van der Waals surface area contributed by atoms with Crippen molar-refractivity contribution in [3.8, 4) is 55.6 Å². The van der Waals surface area contributed by atoms with Crippen molar-refractivity contribution < 1.29 is 0 Å². The number of rotatable bonds is 8. The second kappa shape index (κ2) is 15.8. The van der Waals surface area contributed by atoms with Crippen LogP contribution in [0.25, 0.3) is 77.2 Å². The van der Waals surface area contributed by atoms with Crippen molar-refractivity contribution in [1.29, 1.82) is 0 Å². The Balaban J connectivity index is 0.942. The fourth-order valence-corrected chi connectivity index (χ4v) is 10.4. The largest absolute Gasteiger partial charge is 0.310 e. The summed E-state index contributed by atoms with van der Waals surface area (Å²) in [6, 6.07) is 93.5. The molecule has 11 aromatic rings. The Kier molecular flexibility index (Phi) is 9.35. The second-order valence-electron chi connectivity index (χ2n) is 17.4. The number of anilines is 3. The van der Waals surface area contributed by atoms with Crippen molar-refractivity contribution in [2.75, 3.05) is 4.90 Å². The van der Waals surface area contributed by atoms with Crippen LogP contribution in [0.15, 0.2) is 255 Å². The van der Waals surface area contributed by atoms with E-state index >= 15 is 0 Å². The van der Waals surface area contributed by atoms with E-state index in [1.54, 1.807) is 0 Å². The quantitative estimate of drug-likeness (QED) is 0.147. The van der Waals surface area contributed by atoms with E-state index in [1.165, 1.54) is 93.9 Å². The molecule has 0 aromatic heterocycles. The Morgan fingerprint density at radius 1 is 0.292 bits per heavy atom. The lowest BCUT2D eigenvalue weighted by molar-refractivity contribution is 0.714. The van der Waals surface area contributed by atoms with Gasteiger partial charge in [0.2, 0.25) is 0 Å². The Bertz CT molecular complexity index is 3530. The lowest BCUT2D eigenvalue weighted by Crippen LogP contribution is -2.22. The number of hydrogen-bond acceptors (Lipinski definition) is 1. The summed E-state index contributed by atoms with van der Waals surface area (Å²) in [7, 11) is 0. The van der Waals surface area contributed by atoms with Crippen LogP contribution in [0.3, 0.4) is 0 Å². The van der Waals surface area contributed by atoms with Crippen LogP contribution in [0.2, 0.25) is 0 Å². The first-order chi connectivity index (χ1) is 32.1. The maximum atomic E-state index is 2.40. The van der Waals surface area contributed by atoms with E-state index in [-0.39, 0.29) is 5.41 Å². The second-order valence-corrected chi connectivity index (χ2v) is 17.4. The van der Waals surface area contributed by atoms with E-state index in [1.807, 2.05) is 0 Å². The van der Waals surface area contributed by atoms with Crippen molar-refractivity contribution in [2.24, 2.45) is 0 Å². The third kappa shape index (κ3) is 6.64. The van der Waals surface area contributed by atoms with Gasteiger partial charge in [-0.2, -0.15) is 0 Å². The molecule has 1 nitrogen and oxygen atoms in total. The average molecular weight is 828 g/mol. The number of nitrogens with zero attached hydrogens (tertiary/aromatic N) is 1. The minimum Gasteiger partial charge on any atom is -0.310 e. The van der Waals surface area contributed by atoms with Gasteiger partial charge in [-0.15, -0.1) is 0 Å². The van der Waals surface area contributed by atoms with Gasteiger partial charge in [-0.1, -0.05) is 212 Å². The standard InChI is InChI=1S/C64H45N/c1-64(53-19-3-2-4-20-53)61-26-10-9-23-60(61)63-59(25-13-27-62(63)64)52-18-11-21-56(43-52)65(55-40-36-47(37-41-55)51-33-30-44-14-5-6-16-50(44)42-51)54-38-34-46(35-39-54)45-28-31-49(32-29-45)58-24-12-17-48-15-7-8-22-57(48)58/h2-43H,1H3. The summed E-state index contributed by atoms with van der Waals surface area (Å²) in [4.78, 5) is 2.40. The highest BCUT2D eigenvalue weighted by atomic mass is 15.1. The van der Waals surface area contributed by atoms with Crippen LogP contribution in [0.4, 0.5) is 17.1 Å². The summed E-state index contributed by atoms with van der Waals surface area (Å²) in [5.41, 5.74) is 19.3. The lowest BCUT2D eigenvalue weighted by atomic mass is 9.74. The van der Waals surface area contributed by atoms with Crippen molar-refractivity contribution in [3.63, 3.8) is 0 Å². The average Bonchev–Trinajstić information content (AvgIpc) is 3.65. The fraction of sp³-hybridized carbons (Fsp3) is 0.0312. The number of hydrogen-bond donors (Lipinski definition) is 0. The molecule has 0 spiro atoms. The first kappa shape index (κ1) is 38.4. The SMILES string of the molecule is CC1(c2ccccc2)c2ccccc2-c2c(-c3cccc(N(c4ccc(-c5ccc(-c6cccc7ccccc67)cc5)cc4)c4ccc(-c5ccc6ccccc6c5)cc4)c3)cccc21. The molecule has 306 valence electrons. The van der Waals surface area contributed by atoms with Gasteiger partial charge in [0.15, 0.2) is 0 Å². The topological polar surface area (TPSA) is 3.24 Å². The Morgan fingerprint density at radius 2 is 0.815 bits per heavy atom. The maximum absolute atomic E-state index is 2.40. The van der Waals surface area contributed by atoms with Crippen LogP contribution < -0.4 is 4.90 Å². The zero-order valence-electron chi connectivity index (χ0n) is 36.2. The summed E-state index contributed by atoms with van der Waals surface area (Å²) >= 11 is 0. The lowest BCUT2D eigenvalue weighted by Gasteiger charge is -2.28. The number of fused-ring (bicyclic) bond motifs is 5. The van der Waals surface area contributed by atoms with Gasteiger partial charge in [0.1, 0.15) is 0 Å². The third-order valence-corrected chi connectivity index (χ3v) is 13.8. The molecule has 0 saturated heterocycles. The van der Waals surface area contributed by atoms with E-state index in [0.29, 0.717) is 0 Å². The molecule has 1 unspecified atom stereocenters. The van der Waals surface area contributed by atoms with Crippen LogP contribution in [0.5, 0.6) is 0 Å². The van der Waals surface area contributed by atoms with E-state index in [9.17, 15) is 0 Å². The van der Waals surface area contributed by atoms with Gasteiger partial charge in [0.05, 0.1) is 0 Å². The molecule has 0 bridgehead atoms. The Hall–Kier alpha value is -8.26. The van der Waals surface area contributed by atoms with Crippen molar-refractivity contribution >= 4 is 38.6 Å². The highest BCUT2D eigenvalue weighted by Crippen LogP contribution is 2.55. The van der Waals surface area contributed by atoms with Crippen molar-refractivity contribution in [3.05, 3.63) is 271 Å². The van der Waals surface area contributed by atoms with E-state index in [0.717, 1.165) is 17.1 Å². The molecule has 0 N–H and O–H groups in total. The predicted octanol–water partition coefficient (Wildman–Crippen LogP) is 17.5. The van der Waals surface area contributed by atoms with E-state index in [2.05, 4.69) is 267 Å². The highest BCUT2D eigenvalue weighted by Gasteiger charge is 2.41. The molecule has 1 aliphatic carbocycles. The van der Waals surface area contributed by atoms with Crippen LogP contribution in [-0.2, 0) is 5.41 Å². The molecule has 1 heteroatoms. The minimum absolute atomic E-state index is 0.266. The molecule has 12 rings (SSSR count). The molecule has 0 amide bonds. The van der Waals surface area contributed by atoms with Gasteiger partial charge in [-0.3, -0.25) is 0 Å². The van der Waals surface area contributed by atoms with Gasteiger partial charge < -0.3 is 4.90 Å². The monoisotopic (exact) mass is 827 g/mol. The minimum atomic E-state index is -0.266. The number of benzene rings is 11. The van der Waals surface area contributed by atoms with Crippen LogP contribution >= 0.6 is 0 Å². The predicted molar refractivity (Wildman–Crippen MR) is 275 cm³/mol. The van der Waals surface area contributed by atoms with Crippen LogP contribution in [-0.4, -0.2) is 0 Å². The third-order valence-electron chi connectivity index (χ3n) is 13.8. The molecule has 0 fully saturated rings. The molecule has 0 heterocycles. The highest BCUT2D eigenvalue weighted by molar-refractivity contribution is 5.98. The molecule has 0 radical (unpaired) electrons. The molecule has 65 heavy (non-hydrogen) atoms. The van der Waals surface area contributed by atoms with Crippen molar-refractivity contribution in [2.45, 2.75) is 12.3 Å². The summed E-state index contributed by atoms with van der Waals surface area (Å²) in [5.74, 6) is 0. The Morgan fingerprint density at radius 3 is 1.58 bits per heavy atom. The van der Waals surface area contributed by atoms with Crippen LogP contribution in [0.1, 0.15) is 23.6 Å². The zero-order valence-corrected chi connectivity index (χ0v) is 36.2. The van der Waals surface area contributed by atoms with Gasteiger partial charge >= 0.3 is 0 Å². The normalized spacial score (nSPS) is 14.0. The maximum Gasteiger partial charge on any atom is 0.0467 e. The fourth-order valence-electron chi connectivity index (χ4n) is 10.4. The van der Waals surface area contributed by atoms with E-state index in [4.69, 9.17) is 0 Å². The summed E-state index contributed by atoms with van der Waals surface area (Å²) in [6.45, 7) is 2.39. The van der Waals surface area contributed by atoms with Gasteiger partial charge in [0, 0.05) is 22.5 Å². The van der Waals surface area contributed by atoms with E-state index < -0.39 is 0 Å². The van der Waals surface area contributed by atoms with Crippen LogP contribution in [0, 0.1) is 0 Å². The molecule has 0 aliphatic heterocycles. The summed E-state index contributed by atoms with van der Waals surface area (Å²) < 4.78 is 0. The molecule has 11 aromatic carbocycles. The van der Waals surface area contributed by atoms with Crippen molar-refractivity contribution in [1.82, 2.24) is 0 Å². The zero-order chi connectivity index (χ0) is 43.3. The molecular weight excluding hydrogens is 783 g/mol. The Labute approximate surface area is 381 Å². The molecular formula is C64H45N. The van der Waals surface area contributed by atoms with Gasteiger partial charge in [0.25, 0.3) is 0 Å². The first-order valence-electron chi connectivity index (χ1n) is 22.6. The summed E-state index contributed by atoms with van der Waals surface area (Å²) in [6.07, 6.45) is 0. The molecule has 0 saturated carbocycles. The smallest absolute Gasteiger partial charge is 0.0467 e.